The number of hydrogen-bond acceptors (Lipinski definition) is 3. The molecule has 3 rings (SSSR count). The Morgan fingerprint density at radius 2 is 1.95 bits per heavy atom. The highest BCUT2D eigenvalue weighted by atomic mass is 35.5. The zero-order valence-electron chi connectivity index (χ0n) is 11.5. The van der Waals surface area contributed by atoms with Crippen molar-refractivity contribution in [2.75, 3.05) is 0 Å². The molecule has 0 spiro atoms. The van der Waals surface area contributed by atoms with Gasteiger partial charge in [0.2, 0.25) is 0 Å². The molecule has 0 aliphatic heterocycles. The van der Waals surface area contributed by atoms with Crippen molar-refractivity contribution in [1.29, 1.82) is 0 Å². The van der Waals surface area contributed by atoms with Crippen LogP contribution in [0.4, 0.5) is 0 Å². The van der Waals surface area contributed by atoms with E-state index in [0.717, 1.165) is 10.8 Å². The Bertz CT molecular complexity index is 848. The van der Waals surface area contributed by atoms with Crippen LogP contribution < -0.4 is 4.74 Å². The minimum atomic E-state index is -1.36. The first-order valence-corrected chi connectivity index (χ1v) is 6.80. The number of para-hydroxylation sites is 1. The van der Waals surface area contributed by atoms with Crippen LogP contribution in [0, 0.1) is 0 Å². The topological polar surface area (TPSA) is 59.7 Å². The van der Waals surface area contributed by atoms with Crippen LogP contribution in [-0.2, 0) is 4.79 Å². The number of furan rings is 1. The molecule has 1 N–H and O–H groups in total. The first-order chi connectivity index (χ1) is 9.90. The van der Waals surface area contributed by atoms with Crippen LogP contribution in [-0.4, -0.2) is 16.7 Å². The Morgan fingerprint density at radius 3 is 2.67 bits per heavy atom. The summed E-state index contributed by atoms with van der Waals surface area (Å²) in [6.45, 7) is 2.97. The summed E-state index contributed by atoms with van der Waals surface area (Å²) in [5, 5.41) is 11.3. The minimum Gasteiger partial charge on any atom is -0.478 e. The third-order valence-corrected chi connectivity index (χ3v) is 3.63. The number of carboxylic acids is 1. The summed E-state index contributed by atoms with van der Waals surface area (Å²) in [6.07, 6.45) is 0. The Morgan fingerprint density at radius 1 is 1.24 bits per heavy atom. The number of carboxylic acid groups (broad SMARTS) is 1. The summed E-state index contributed by atoms with van der Waals surface area (Å²) < 4.78 is 11.4. The number of fused-ring (bicyclic) bond motifs is 3. The zero-order valence-corrected chi connectivity index (χ0v) is 12.3. The Kier molecular flexibility index (Phi) is 3.06. The van der Waals surface area contributed by atoms with Gasteiger partial charge < -0.3 is 14.3 Å². The Labute approximate surface area is 125 Å². The molecule has 0 aliphatic rings. The van der Waals surface area contributed by atoms with E-state index in [1.807, 2.05) is 24.3 Å². The number of carbonyl (C=O) groups is 1. The van der Waals surface area contributed by atoms with Crippen molar-refractivity contribution < 1.29 is 19.1 Å². The zero-order chi connectivity index (χ0) is 15.2. The number of rotatable bonds is 3. The second kappa shape index (κ2) is 4.67. The second-order valence-corrected chi connectivity index (χ2v) is 5.67. The number of halogens is 1. The largest absolute Gasteiger partial charge is 0.478 e. The third-order valence-electron chi connectivity index (χ3n) is 3.32. The molecule has 0 radical (unpaired) electrons. The molecule has 0 fully saturated rings. The van der Waals surface area contributed by atoms with Gasteiger partial charge in [-0.1, -0.05) is 29.8 Å². The van der Waals surface area contributed by atoms with E-state index in [9.17, 15) is 9.90 Å². The van der Waals surface area contributed by atoms with E-state index in [1.165, 1.54) is 13.8 Å². The molecule has 0 bridgehead atoms. The van der Waals surface area contributed by atoms with E-state index in [2.05, 4.69) is 0 Å². The maximum Gasteiger partial charge on any atom is 0.347 e. The molecular formula is C16H13ClO4. The predicted molar refractivity (Wildman–Crippen MR) is 81.1 cm³/mol. The number of ether oxygens (including phenoxy) is 1. The van der Waals surface area contributed by atoms with E-state index >= 15 is 0 Å². The van der Waals surface area contributed by atoms with Gasteiger partial charge in [-0.2, -0.15) is 0 Å². The second-order valence-electron chi connectivity index (χ2n) is 5.27. The molecule has 0 aliphatic carbocycles. The van der Waals surface area contributed by atoms with E-state index in [0.29, 0.717) is 21.9 Å². The number of hydrogen-bond donors (Lipinski definition) is 1. The molecule has 0 saturated carbocycles. The quantitative estimate of drug-likeness (QED) is 0.775. The van der Waals surface area contributed by atoms with Crippen LogP contribution in [0.2, 0.25) is 5.02 Å². The summed E-state index contributed by atoms with van der Waals surface area (Å²) >= 11 is 6.25. The SMILES string of the molecule is CC(C)(Oc1ccc(Cl)c2c1oc1ccccc12)C(=O)O. The molecule has 21 heavy (non-hydrogen) atoms. The van der Waals surface area contributed by atoms with Crippen molar-refractivity contribution in [3.05, 3.63) is 41.4 Å². The molecule has 1 aromatic heterocycles. The van der Waals surface area contributed by atoms with Crippen LogP contribution in [0.3, 0.4) is 0 Å². The van der Waals surface area contributed by atoms with Crippen LogP contribution >= 0.6 is 11.6 Å². The first kappa shape index (κ1) is 13.8. The lowest BCUT2D eigenvalue weighted by Crippen LogP contribution is -2.37. The highest BCUT2D eigenvalue weighted by molar-refractivity contribution is 6.38. The number of aliphatic carboxylic acids is 1. The summed E-state index contributed by atoms with van der Waals surface area (Å²) in [4.78, 5) is 11.2. The van der Waals surface area contributed by atoms with Gasteiger partial charge in [0.1, 0.15) is 5.58 Å². The lowest BCUT2D eigenvalue weighted by Gasteiger charge is -2.21. The summed E-state index contributed by atoms with van der Waals surface area (Å²) in [7, 11) is 0. The van der Waals surface area contributed by atoms with Crippen molar-refractivity contribution in [3.63, 3.8) is 0 Å². The Balaban J connectivity index is 2.26. The van der Waals surface area contributed by atoms with E-state index in [-0.39, 0.29) is 0 Å². The van der Waals surface area contributed by atoms with Gasteiger partial charge in [0.05, 0.1) is 10.4 Å². The fraction of sp³-hybridized carbons (Fsp3) is 0.188. The molecule has 0 unspecified atom stereocenters. The summed E-state index contributed by atoms with van der Waals surface area (Å²) in [5.41, 5.74) is -0.226. The van der Waals surface area contributed by atoms with Gasteiger partial charge in [0.25, 0.3) is 0 Å². The monoisotopic (exact) mass is 304 g/mol. The average molecular weight is 305 g/mol. The molecular weight excluding hydrogens is 292 g/mol. The standard InChI is InChI=1S/C16H13ClO4/c1-16(2,15(18)19)21-12-8-7-10(17)13-9-5-3-4-6-11(9)20-14(12)13/h3-8H,1-2H3,(H,18,19). The van der Waals surface area contributed by atoms with Gasteiger partial charge in [-0.25, -0.2) is 4.79 Å². The van der Waals surface area contributed by atoms with Crippen molar-refractivity contribution in [2.24, 2.45) is 0 Å². The normalized spacial score (nSPS) is 12.0. The van der Waals surface area contributed by atoms with Gasteiger partial charge in [0.15, 0.2) is 16.9 Å². The minimum absolute atomic E-state index is 0.359. The predicted octanol–water partition coefficient (Wildman–Crippen LogP) is 4.48. The highest BCUT2D eigenvalue weighted by Crippen LogP contribution is 2.40. The molecule has 4 nitrogen and oxygen atoms in total. The van der Waals surface area contributed by atoms with Crippen LogP contribution in [0.1, 0.15) is 13.8 Å². The maximum atomic E-state index is 11.2. The van der Waals surface area contributed by atoms with Crippen molar-refractivity contribution in [2.45, 2.75) is 19.4 Å². The average Bonchev–Trinajstić information content (AvgIpc) is 2.82. The van der Waals surface area contributed by atoms with Crippen molar-refractivity contribution in [1.82, 2.24) is 0 Å². The van der Waals surface area contributed by atoms with Crippen molar-refractivity contribution in [3.8, 4) is 5.75 Å². The van der Waals surface area contributed by atoms with Crippen molar-refractivity contribution >= 4 is 39.5 Å². The van der Waals surface area contributed by atoms with Gasteiger partial charge in [-0.05, 0) is 32.0 Å². The van der Waals surface area contributed by atoms with Gasteiger partial charge in [-0.3, -0.25) is 0 Å². The van der Waals surface area contributed by atoms with Gasteiger partial charge >= 0.3 is 5.97 Å². The molecule has 108 valence electrons. The number of benzene rings is 2. The molecule has 2 aromatic carbocycles. The first-order valence-electron chi connectivity index (χ1n) is 6.42. The molecule has 1 heterocycles. The molecule has 3 aromatic rings. The fourth-order valence-electron chi connectivity index (χ4n) is 2.16. The van der Waals surface area contributed by atoms with E-state index in [1.54, 1.807) is 12.1 Å². The lowest BCUT2D eigenvalue weighted by molar-refractivity contribution is -0.152. The molecule has 0 amide bonds. The van der Waals surface area contributed by atoms with Crippen LogP contribution in [0.15, 0.2) is 40.8 Å². The van der Waals surface area contributed by atoms with Gasteiger partial charge in [0, 0.05) is 5.39 Å². The van der Waals surface area contributed by atoms with E-state index in [4.69, 9.17) is 20.8 Å². The maximum absolute atomic E-state index is 11.2. The third kappa shape index (κ3) is 2.21. The van der Waals surface area contributed by atoms with Crippen LogP contribution in [0.25, 0.3) is 21.9 Å². The summed E-state index contributed by atoms with van der Waals surface area (Å²) in [6, 6.07) is 10.8. The summed E-state index contributed by atoms with van der Waals surface area (Å²) in [5.74, 6) is -0.695. The van der Waals surface area contributed by atoms with Gasteiger partial charge in [-0.15, -0.1) is 0 Å². The molecule has 5 heteroatoms. The highest BCUT2D eigenvalue weighted by Gasteiger charge is 2.31. The van der Waals surface area contributed by atoms with E-state index < -0.39 is 11.6 Å². The fourth-order valence-corrected chi connectivity index (χ4v) is 2.41. The smallest absolute Gasteiger partial charge is 0.347 e. The molecule has 0 saturated heterocycles. The molecule has 0 atom stereocenters. The van der Waals surface area contributed by atoms with Crippen LogP contribution in [0.5, 0.6) is 5.75 Å². The lowest BCUT2D eigenvalue weighted by atomic mass is 10.1. The Hall–Kier alpha value is -2.20.